The Morgan fingerprint density at radius 2 is 1.44 bits per heavy atom. The lowest BCUT2D eigenvalue weighted by Gasteiger charge is -2.19. The number of nitrogens with one attached hydrogen (secondary N) is 2. The van der Waals surface area contributed by atoms with Crippen molar-refractivity contribution in [2.45, 2.75) is 64.9 Å². The van der Waals surface area contributed by atoms with Crippen molar-refractivity contribution in [3.8, 4) is 45.6 Å². The van der Waals surface area contributed by atoms with Crippen LogP contribution in [0.3, 0.4) is 0 Å². The molecule has 326 valence electrons. The summed E-state index contributed by atoms with van der Waals surface area (Å²) in [7, 11) is 0. The van der Waals surface area contributed by atoms with E-state index in [0.29, 0.717) is 51.1 Å². The van der Waals surface area contributed by atoms with Crippen LogP contribution in [-0.4, -0.2) is 80.9 Å². The zero-order chi connectivity index (χ0) is 44.8. The predicted molar refractivity (Wildman–Crippen MR) is 232 cm³/mol. The van der Waals surface area contributed by atoms with Crippen LogP contribution in [0.2, 0.25) is 5.02 Å². The van der Waals surface area contributed by atoms with Crippen molar-refractivity contribution in [2.24, 2.45) is 5.73 Å². The van der Waals surface area contributed by atoms with Crippen molar-refractivity contribution in [2.75, 3.05) is 26.2 Å². The average molecular weight is 868 g/mol. The van der Waals surface area contributed by atoms with E-state index in [-0.39, 0.29) is 45.9 Å². The third-order valence-electron chi connectivity index (χ3n) is 9.96. The van der Waals surface area contributed by atoms with Crippen LogP contribution in [0.5, 0.6) is 17.2 Å². The van der Waals surface area contributed by atoms with Gasteiger partial charge in [-0.05, 0) is 77.1 Å². The number of carboxylic acid groups (broad SMARTS) is 2. The van der Waals surface area contributed by atoms with Crippen LogP contribution >= 0.6 is 11.6 Å². The molecule has 0 aliphatic carbocycles. The molecule has 1 aromatic heterocycles. The van der Waals surface area contributed by atoms with E-state index in [4.69, 9.17) is 41.8 Å². The Labute approximate surface area is 364 Å². The molecule has 0 radical (unpaired) electrons. The number of carboxylic acids is 2. The largest absolute Gasteiger partial charge is 0.492 e. The summed E-state index contributed by atoms with van der Waals surface area (Å²) in [6, 6.07) is 24.5. The SMILES string of the molecule is Cc1c(COc2cc(OCc3cncc(C#N)c3)c(CNC[C@@H](O)CC(=O)O)cc2Cl)cccc1-c1cccc(-c2ccc(OCCNC[C@@H](O)CC(=O)O)c(C(N)O)c2)c1C. The van der Waals surface area contributed by atoms with Crippen LogP contribution in [0, 0.1) is 25.2 Å². The molecule has 1 heterocycles. The highest BCUT2D eigenvalue weighted by Crippen LogP contribution is 2.38. The Bertz CT molecular complexity index is 2390. The Hall–Kier alpha value is -6.09. The number of carbonyl (C=O) groups is 2. The molecular formula is C46H50ClN5O10. The number of rotatable bonds is 23. The molecule has 0 aliphatic rings. The van der Waals surface area contributed by atoms with E-state index in [1.807, 2.05) is 56.3 Å². The number of halogens is 1. The number of benzene rings is 4. The highest BCUT2D eigenvalue weighted by molar-refractivity contribution is 6.32. The molecule has 0 spiro atoms. The maximum Gasteiger partial charge on any atom is 0.306 e. The molecule has 0 saturated heterocycles. The first kappa shape index (κ1) is 47.0. The fraction of sp³-hybridized carbons (Fsp3) is 0.304. The fourth-order valence-corrected chi connectivity index (χ4v) is 7.02. The van der Waals surface area contributed by atoms with E-state index in [2.05, 4.69) is 21.7 Å². The molecule has 9 N–H and O–H groups in total. The second-order valence-corrected chi connectivity index (χ2v) is 15.0. The van der Waals surface area contributed by atoms with Crippen molar-refractivity contribution in [3.63, 3.8) is 0 Å². The van der Waals surface area contributed by atoms with Gasteiger partial charge in [0.1, 0.15) is 49.4 Å². The third-order valence-corrected chi connectivity index (χ3v) is 10.3. The van der Waals surface area contributed by atoms with Crippen LogP contribution in [0.25, 0.3) is 22.3 Å². The lowest BCUT2D eigenvalue weighted by molar-refractivity contribution is -0.140. The van der Waals surface area contributed by atoms with Gasteiger partial charge in [-0.2, -0.15) is 5.26 Å². The molecule has 3 atom stereocenters. The second kappa shape index (κ2) is 22.7. The Kier molecular flexibility index (Phi) is 17.2. The molecule has 62 heavy (non-hydrogen) atoms. The van der Waals surface area contributed by atoms with E-state index in [1.54, 1.807) is 36.5 Å². The molecule has 4 aromatic carbocycles. The Balaban J connectivity index is 1.33. The van der Waals surface area contributed by atoms with E-state index in [0.717, 1.165) is 38.9 Å². The number of aromatic nitrogens is 1. The summed E-state index contributed by atoms with van der Waals surface area (Å²) in [4.78, 5) is 25.9. The van der Waals surface area contributed by atoms with Crippen molar-refractivity contribution in [1.29, 1.82) is 5.26 Å². The summed E-state index contributed by atoms with van der Waals surface area (Å²) < 4.78 is 18.4. The van der Waals surface area contributed by atoms with Gasteiger partial charge in [0.2, 0.25) is 0 Å². The highest BCUT2D eigenvalue weighted by Gasteiger charge is 2.18. The lowest BCUT2D eigenvalue weighted by Crippen LogP contribution is -2.31. The molecule has 0 saturated carbocycles. The van der Waals surface area contributed by atoms with E-state index >= 15 is 0 Å². The molecular weight excluding hydrogens is 818 g/mol. The van der Waals surface area contributed by atoms with Gasteiger partial charge in [0.25, 0.3) is 0 Å². The summed E-state index contributed by atoms with van der Waals surface area (Å²) in [5, 5.41) is 63.7. The smallest absolute Gasteiger partial charge is 0.306 e. The predicted octanol–water partition coefficient (Wildman–Crippen LogP) is 5.39. The van der Waals surface area contributed by atoms with E-state index < -0.39 is 36.8 Å². The monoisotopic (exact) mass is 867 g/mol. The molecule has 0 bridgehead atoms. The van der Waals surface area contributed by atoms with Gasteiger partial charge < -0.3 is 56.1 Å². The topological polar surface area (TPSA) is 250 Å². The van der Waals surface area contributed by atoms with Gasteiger partial charge in [0.15, 0.2) is 0 Å². The van der Waals surface area contributed by atoms with Gasteiger partial charge in [0, 0.05) is 61.3 Å². The summed E-state index contributed by atoms with van der Waals surface area (Å²) in [5.74, 6) is -1.01. The minimum absolute atomic E-state index is 0.0272. The summed E-state index contributed by atoms with van der Waals surface area (Å²) >= 11 is 6.76. The van der Waals surface area contributed by atoms with Gasteiger partial charge in [-0.25, -0.2) is 0 Å². The first-order chi connectivity index (χ1) is 29.7. The van der Waals surface area contributed by atoms with Gasteiger partial charge in [-0.1, -0.05) is 54.1 Å². The minimum atomic E-state index is -1.31. The first-order valence-corrected chi connectivity index (χ1v) is 20.1. The number of pyridine rings is 1. The maximum atomic E-state index is 11.0. The van der Waals surface area contributed by atoms with Gasteiger partial charge >= 0.3 is 11.9 Å². The van der Waals surface area contributed by atoms with Crippen LogP contribution in [0.1, 0.15) is 58.0 Å². The molecule has 5 rings (SSSR count). The zero-order valence-electron chi connectivity index (χ0n) is 34.3. The maximum absolute atomic E-state index is 11.0. The number of nitrogens with zero attached hydrogens (tertiary/aromatic N) is 2. The van der Waals surface area contributed by atoms with Crippen molar-refractivity contribution >= 4 is 23.5 Å². The highest BCUT2D eigenvalue weighted by atomic mass is 35.5. The first-order valence-electron chi connectivity index (χ1n) is 19.8. The molecule has 5 aromatic rings. The van der Waals surface area contributed by atoms with Crippen LogP contribution < -0.4 is 30.6 Å². The Morgan fingerprint density at radius 1 is 0.774 bits per heavy atom. The van der Waals surface area contributed by atoms with E-state index in [9.17, 15) is 30.2 Å². The fourth-order valence-electron chi connectivity index (χ4n) is 6.78. The Morgan fingerprint density at radius 3 is 2.13 bits per heavy atom. The third kappa shape index (κ3) is 13.2. The van der Waals surface area contributed by atoms with Crippen molar-refractivity contribution in [3.05, 3.63) is 129 Å². The molecule has 1 unspecified atom stereocenters. The second-order valence-electron chi connectivity index (χ2n) is 14.6. The van der Waals surface area contributed by atoms with Crippen LogP contribution in [0.4, 0.5) is 0 Å². The number of hydrogen-bond acceptors (Lipinski definition) is 13. The number of aliphatic carboxylic acids is 2. The summed E-state index contributed by atoms with van der Waals surface area (Å²) in [6.07, 6.45) is -1.14. The number of aliphatic hydroxyl groups excluding tert-OH is 3. The van der Waals surface area contributed by atoms with Gasteiger partial charge in [-0.3, -0.25) is 14.6 Å². The molecule has 15 nitrogen and oxygen atoms in total. The van der Waals surface area contributed by atoms with Crippen LogP contribution in [0.15, 0.2) is 85.2 Å². The lowest BCUT2D eigenvalue weighted by atomic mass is 9.89. The number of nitrogens with two attached hydrogens (primary N) is 1. The van der Waals surface area contributed by atoms with Crippen molar-refractivity contribution in [1.82, 2.24) is 15.6 Å². The number of hydrogen-bond donors (Lipinski definition) is 8. The number of ether oxygens (including phenoxy) is 3. The molecule has 0 aliphatic heterocycles. The number of nitriles is 1. The minimum Gasteiger partial charge on any atom is -0.492 e. The van der Waals surface area contributed by atoms with Gasteiger partial charge in [-0.15, -0.1) is 0 Å². The quantitative estimate of drug-likeness (QED) is 0.0303. The summed E-state index contributed by atoms with van der Waals surface area (Å²) in [5.41, 5.74) is 14.6. The van der Waals surface area contributed by atoms with E-state index in [1.165, 1.54) is 6.20 Å². The molecule has 0 amide bonds. The normalized spacial score (nSPS) is 12.5. The number of aliphatic hydroxyl groups is 3. The average Bonchev–Trinajstić information content (AvgIpc) is 3.23. The summed E-state index contributed by atoms with van der Waals surface area (Å²) in [6.45, 7) is 5.15. The van der Waals surface area contributed by atoms with Crippen LogP contribution in [-0.2, 0) is 29.3 Å². The zero-order valence-corrected chi connectivity index (χ0v) is 35.1. The van der Waals surface area contributed by atoms with Gasteiger partial charge in [0.05, 0.1) is 35.6 Å². The molecule has 0 fully saturated rings. The molecule has 16 heteroatoms. The van der Waals surface area contributed by atoms with Crippen molar-refractivity contribution < 1.29 is 49.3 Å². The standard InChI is InChI=1S/C46H50ClN5O10/c1-27-32(26-62-43-18-42(61-25-30-13-29(19-48)20-51-21-30)33(15-40(43)47)22-52-24-35(54)17-45(57)58)5-3-7-37(27)38-8-4-6-36(28(38)2)31-9-10-41(39(14-31)46(49)59)60-12-11-50-23-34(53)16-44(55)56/h3-10,13-15,18,20-21,34-35,46,50,52-54,59H,11-12,16-17,22-26,49H2,1-2H3,(H,55,56)(H,57,58)/t34-,35-,46?/m0/s1.